The Morgan fingerprint density at radius 2 is 1.81 bits per heavy atom. The Balaban J connectivity index is 2.50. The van der Waals surface area contributed by atoms with E-state index in [9.17, 15) is 35.1 Å². The van der Waals surface area contributed by atoms with Crippen molar-refractivity contribution in [3.63, 3.8) is 0 Å². The van der Waals surface area contributed by atoms with Crippen molar-refractivity contribution < 1.29 is 49.7 Å². The third-order valence-corrected chi connectivity index (χ3v) is 6.87. The third-order valence-electron chi connectivity index (χ3n) is 6.87. The third kappa shape index (κ3) is 4.41. The highest BCUT2D eigenvalue weighted by molar-refractivity contribution is 5.90. The van der Waals surface area contributed by atoms with Crippen LogP contribution in [0.3, 0.4) is 0 Å². The van der Waals surface area contributed by atoms with E-state index >= 15 is 0 Å². The first kappa shape index (κ1) is 25.4. The van der Waals surface area contributed by atoms with E-state index in [4.69, 9.17) is 9.84 Å². The van der Waals surface area contributed by atoms with Crippen LogP contribution in [0.2, 0.25) is 0 Å². The molecule has 2 saturated carbocycles. The number of carbonyl (C=O) groups is 2. The SMILES string of the molecule is C=C(C(=O)OC1CC2(C)C(O)CCC(O)(CO)C2C(O)C1C(=C)C(=O)OC)C(O)CO. The number of rotatable bonds is 7. The standard InChI is InChI=1S/C21H32O10/c1-10(12(24)8-22)19(28)31-13-7-20(3)14(25)5-6-21(29,9-23)17(20)16(26)15(13)11(2)18(27)30-4/h12-17,22-26,29H,1-2,5-9H2,3-4H3. The summed E-state index contributed by atoms with van der Waals surface area (Å²) in [7, 11) is 1.11. The molecule has 10 heteroatoms. The van der Waals surface area contributed by atoms with Crippen molar-refractivity contribution in [2.75, 3.05) is 20.3 Å². The molecular weight excluding hydrogens is 412 g/mol. The van der Waals surface area contributed by atoms with Crippen LogP contribution in [0.1, 0.15) is 26.2 Å². The van der Waals surface area contributed by atoms with E-state index in [1.807, 2.05) is 0 Å². The van der Waals surface area contributed by atoms with Gasteiger partial charge in [-0.2, -0.15) is 0 Å². The summed E-state index contributed by atoms with van der Waals surface area (Å²) in [4.78, 5) is 24.7. The highest BCUT2D eigenvalue weighted by atomic mass is 16.5. The summed E-state index contributed by atoms with van der Waals surface area (Å²) < 4.78 is 10.1. The quantitative estimate of drug-likeness (QED) is 0.199. The average Bonchev–Trinajstić information content (AvgIpc) is 2.74. The molecule has 0 amide bonds. The second kappa shape index (κ2) is 9.35. The molecule has 8 unspecified atom stereocenters. The molecule has 2 aliphatic carbocycles. The van der Waals surface area contributed by atoms with Gasteiger partial charge in [-0.1, -0.05) is 20.1 Å². The van der Waals surface area contributed by atoms with Gasteiger partial charge in [0, 0.05) is 16.9 Å². The Morgan fingerprint density at radius 1 is 1.19 bits per heavy atom. The molecule has 0 aromatic rings. The van der Waals surface area contributed by atoms with Crippen LogP contribution in [0.5, 0.6) is 0 Å². The molecular formula is C21H32O10. The average molecular weight is 444 g/mol. The lowest BCUT2D eigenvalue weighted by molar-refractivity contribution is -0.249. The zero-order valence-corrected chi connectivity index (χ0v) is 17.7. The Kier molecular flexibility index (Phi) is 7.68. The van der Waals surface area contributed by atoms with Crippen molar-refractivity contribution in [3.8, 4) is 0 Å². The Labute approximate surface area is 180 Å². The van der Waals surface area contributed by atoms with E-state index in [0.717, 1.165) is 7.11 Å². The number of esters is 2. The van der Waals surface area contributed by atoms with Gasteiger partial charge in [0.2, 0.25) is 0 Å². The van der Waals surface area contributed by atoms with Gasteiger partial charge < -0.3 is 40.1 Å². The molecule has 6 N–H and O–H groups in total. The lowest BCUT2D eigenvalue weighted by atomic mass is 9.49. The molecule has 0 aromatic carbocycles. The Bertz CT molecular complexity index is 736. The first-order valence-electron chi connectivity index (χ1n) is 10.0. The molecule has 0 spiro atoms. The summed E-state index contributed by atoms with van der Waals surface area (Å²) in [6.07, 6.45) is -5.24. The maximum Gasteiger partial charge on any atom is 0.336 e. The van der Waals surface area contributed by atoms with E-state index in [0.29, 0.717) is 0 Å². The monoisotopic (exact) mass is 444 g/mol. The van der Waals surface area contributed by atoms with Gasteiger partial charge in [0.25, 0.3) is 0 Å². The summed E-state index contributed by atoms with van der Waals surface area (Å²) in [5.41, 5.74) is -3.58. The molecule has 0 aromatic heterocycles. The molecule has 2 fully saturated rings. The van der Waals surface area contributed by atoms with E-state index in [2.05, 4.69) is 17.9 Å². The number of hydrogen-bond donors (Lipinski definition) is 6. The lowest BCUT2D eigenvalue weighted by Crippen LogP contribution is -2.68. The fourth-order valence-electron chi connectivity index (χ4n) is 5.10. The number of aliphatic hydroxyl groups is 6. The largest absolute Gasteiger partial charge is 0.466 e. The molecule has 8 atom stereocenters. The Hall–Kier alpha value is -1.82. The number of fused-ring (bicyclic) bond motifs is 1. The van der Waals surface area contributed by atoms with Crippen LogP contribution >= 0.6 is 0 Å². The Morgan fingerprint density at radius 3 is 2.32 bits per heavy atom. The number of ether oxygens (including phenoxy) is 2. The van der Waals surface area contributed by atoms with Gasteiger partial charge in [-0.25, -0.2) is 9.59 Å². The summed E-state index contributed by atoms with van der Waals surface area (Å²) in [6.45, 7) is 7.21. The molecule has 176 valence electrons. The predicted molar refractivity (Wildman–Crippen MR) is 106 cm³/mol. The summed E-state index contributed by atoms with van der Waals surface area (Å²) in [5, 5.41) is 61.6. The number of carbonyl (C=O) groups excluding carboxylic acids is 2. The summed E-state index contributed by atoms with van der Waals surface area (Å²) in [6, 6.07) is 0. The van der Waals surface area contributed by atoms with Gasteiger partial charge in [-0.05, 0) is 19.3 Å². The smallest absolute Gasteiger partial charge is 0.336 e. The van der Waals surface area contributed by atoms with Gasteiger partial charge in [0.05, 0.1) is 49.6 Å². The number of methoxy groups -OCH3 is 1. The van der Waals surface area contributed by atoms with Crippen molar-refractivity contribution in [1.82, 2.24) is 0 Å². The molecule has 0 heterocycles. The summed E-state index contributed by atoms with van der Waals surface area (Å²) in [5.74, 6) is -4.23. The minimum absolute atomic E-state index is 0.0172. The van der Waals surface area contributed by atoms with Gasteiger partial charge in [0.15, 0.2) is 0 Å². The van der Waals surface area contributed by atoms with Crippen molar-refractivity contribution in [2.24, 2.45) is 17.3 Å². The number of hydrogen-bond acceptors (Lipinski definition) is 10. The van der Waals surface area contributed by atoms with Gasteiger partial charge >= 0.3 is 11.9 Å². The van der Waals surface area contributed by atoms with Crippen molar-refractivity contribution >= 4 is 11.9 Å². The topological polar surface area (TPSA) is 174 Å². The van der Waals surface area contributed by atoms with Crippen LogP contribution in [0.25, 0.3) is 0 Å². The van der Waals surface area contributed by atoms with E-state index < -0.39 is 78.0 Å². The van der Waals surface area contributed by atoms with Crippen LogP contribution in [0.4, 0.5) is 0 Å². The normalized spacial score (nSPS) is 38.5. The predicted octanol–water partition coefficient (Wildman–Crippen LogP) is -1.58. The second-order valence-corrected chi connectivity index (χ2v) is 8.70. The molecule has 0 bridgehead atoms. The van der Waals surface area contributed by atoms with Crippen LogP contribution in [0, 0.1) is 17.3 Å². The zero-order chi connectivity index (χ0) is 23.7. The maximum atomic E-state index is 12.5. The molecule has 0 aliphatic heterocycles. The zero-order valence-electron chi connectivity index (χ0n) is 17.7. The first-order chi connectivity index (χ1) is 14.4. The first-order valence-corrected chi connectivity index (χ1v) is 10.0. The molecule has 2 aliphatic rings. The van der Waals surface area contributed by atoms with E-state index in [1.54, 1.807) is 6.92 Å². The molecule has 31 heavy (non-hydrogen) atoms. The van der Waals surface area contributed by atoms with Crippen LogP contribution < -0.4 is 0 Å². The molecule has 10 nitrogen and oxygen atoms in total. The van der Waals surface area contributed by atoms with Gasteiger partial charge in [0.1, 0.15) is 12.2 Å². The van der Waals surface area contributed by atoms with Gasteiger partial charge in [-0.3, -0.25) is 0 Å². The van der Waals surface area contributed by atoms with Crippen molar-refractivity contribution in [1.29, 1.82) is 0 Å². The highest BCUT2D eigenvalue weighted by Crippen LogP contribution is 2.57. The minimum atomic E-state index is -1.74. The molecule has 0 saturated heterocycles. The van der Waals surface area contributed by atoms with E-state index in [1.165, 1.54) is 0 Å². The van der Waals surface area contributed by atoms with Gasteiger partial charge in [-0.15, -0.1) is 0 Å². The van der Waals surface area contributed by atoms with Crippen molar-refractivity contribution in [3.05, 3.63) is 24.3 Å². The molecule has 2 rings (SSSR count). The summed E-state index contributed by atoms with van der Waals surface area (Å²) >= 11 is 0. The minimum Gasteiger partial charge on any atom is -0.466 e. The lowest BCUT2D eigenvalue weighted by Gasteiger charge is -2.60. The van der Waals surface area contributed by atoms with Crippen LogP contribution in [0.15, 0.2) is 24.3 Å². The van der Waals surface area contributed by atoms with Crippen LogP contribution in [-0.2, 0) is 19.1 Å². The fraction of sp³-hybridized carbons (Fsp3) is 0.714. The number of aliphatic hydroxyl groups excluding tert-OH is 5. The fourth-order valence-corrected chi connectivity index (χ4v) is 5.10. The van der Waals surface area contributed by atoms with Crippen LogP contribution in [-0.4, -0.2) is 92.9 Å². The van der Waals surface area contributed by atoms with Crippen molar-refractivity contribution in [2.45, 2.75) is 56.2 Å². The molecule has 0 radical (unpaired) electrons. The highest BCUT2D eigenvalue weighted by Gasteiger charge is 2.64. The second-order valence-electron chi connectivity index (χ2n) is 8.70. The van der Waals surface area contributed by atoms with E-state index in [-0.39, 0.29) is 24.8 Å². The maximum absolute atomic E-state index is 12.5.